The topological polar surface area (TPSA) is 50.4 Å². The monoisotopic (exact) mass is 264 g/mol. The van der Waals surface area contributed by atoms with Gasteiger partial charge in [-0.25, -0.2) is 0 Å². The molecule has 0 saturated heterocycles. The van der Waals surface area contributed by atoms with Gasteiger partial charge in [-0.2, -0.15) is 0 Å². The molecule has 0 saturated carbocycles. The first kappa shape index (κ1) is 15.5. The van der Waals surface area contributed by atoms with Crippen LogP contribution in [-0.4, -0.2) is 25.6 Å². The third-order valence-corrected chi connectivity index (χ3v) is 2.99. The van der Waals surface area contributed by atoms with Gasteiger partial charge in [0.1, 0.15) is 5.75 Å². The first-order valence-corrected chi connectivity index (χ1v) is 6.79. The lowest BCUT2D eigenvalue weighted by Crippen LogP contribution is -2.28. The largest absolute Gasteiger partial charge is 0.491 e. The van der Waals surface area contributed by atoms with Crippen LogP contribution < -0.4 is 15.4 Å². The van der Waals surface area contributed by atoms with Gasteiger partial charge in [-0.15, -0.1) is 0 Å². The first-order chi connectivity index (χ1) is 9.06. The minimum atomic E-state index is -0.0546. The molecule has 1 rings (SSSR count). The van der Waals surface area contributed by atoms with Crippen LogP contribution in [0.3, 0.4) is 0 Å². The molecule has 2 unspecified atom stereocenters. The van der Waals surface area contributed by atoms with Crippen molar-refractivity contribution in [3.8, 4) is 5.75 Å². The van der Waals surface area contributed by atoms with Crippen molar-refractivity contribution in [2.24, 2.45) is 5.92 Å². The van der Waals surface area contributed by atoms with Gasteiger partial charge in [-0.3, -0.25) is 4.79 Å². The van der Waals surface area contributed by atoms with Crippen molar-refractivity contribution < 1.29 is 9.53 Å². The second kappa shape index (κ2) is 7.79. The molecule has 4 nitrogen and oxygen atoms in total. The fourth-order valence-electron chi connectivity index (χ4n) is 1.60. The zero-order chi connectivity index (χ0) is 14.3. The van der Waals surface area contributed by atoms with Crippen LogP contribution in [0.2, 0.25) is 0 Å². The second-order valence-corrected chi connectivity index (χ2v) is 4.81. The quantitative estimate of drug-likeness (QED) is 0.796. The van der Waals surface area contributed by atoms with Gasteiger partial charge < -0.3 is 15.4 Å². The molecule has 106 valence electrons. The van der Waals surface area contributed by atoms with E-state index >= 15 is 0 Å². The lowest BCUT2D eigenvalue weighted by atomic mass is 10.1. The average Bonchev–Trinajstić information content (AvgIpc) is 2.41. The number of benzene rings is 1. The van der Waals surface area contributed by atoms with Crippen LogP contribution in [0.4, 0.5) is 5.69 Å². The van der Waals surface area contributed by atoms with E-state index in [-0.39, 0.29) is 17.9 Å². The van der Waals surface area contributed by atoms with Gasteiger partial charge in [-0.1, -0.05) is 13.8 Å². The van der Waals surface area contributed by atoms with Crippen molar-refractivity contribution in [1.29, 1.82) is 0 Å². The summed E-state index contributed by atoms with van der Waals surface area (Å²) in [4.78, 5) is 11.8. The Morgan fingerprint density at radius 3 is 2.42 bits per heavy atom. The summed E-state index contributed by atoms with van der Waals surface area (Å²) in [6.07, 6.45) is 1.18. The zero-order valence-corrected chi connectivity index (χ0v) is 12.2. The van der Waals surface area contributed by atoms with Gasteiger partial charge in [0.15, 0.2) is 0 Å². The van der Waals surface area contributed by atoms with Crippen LogP contribution in [-0.2, 0) is 4.79 Å². The van der Waals surface area contributed by atoms with Gasteiger partial charge in [-0.05, 0) is 44.7 Å². The van der Waals surface area contributed by atoms with E-state index in [1.165, 1.54) is 0 Å². The third-order valence-electron chi connectivity index (χ3n) is 2.99. The standard InChI is InChI=1S/C15H24N2O2/c1-5-12(3)19-14-8-6-13(7-9-14)17-15(18)11(2)10-16-4/h6-9,11-12,16H,5,10H2,1-4H3,(H,17,18). The Morgan fingerprint density at radius 1 is 1.26 bits per heavy atom. The SMILES string of the molecule is CCC(C)Oc1ccc(NC(=O)C(C)CNC)cc1. The summed E-state index contributed by atoms with van der Waals surface area (Å²) in [5.41, 5.74) is 0.796. The minimum absolute atomic E-state index is 0.0185. The highest BCUT2D eigenvalue weighted by Gasteiger charge is 2.11. The maximum atomic E-state index is 11.8. The van der Waals surface area contributed by atoms with Gasteiger partial charge in [0.05, 0.1) is 6.10 Å². The molecule has 1 amide bonds. The summed E-state index contributed by atoms with van der Waals surface area (Å²) in [7, 11) is 1.84. The summed E-state index contributed by atoms with van der Waals surface area (Å²) in [6.45, 7) is 6.69. The number of amides is 1. The number of carbonyl (C=O) groups excluding carboxylic acids is 1. The van der Waals surface area contributed by atoms with Crippen molar-refractivity contribution in [3.05, 3.63) is 24.3 Å². The van der Waals surface area contributed by atoms with Crippen LogP contribution in [0.1, 0.15) is 27.2 Å². The van der Waals surface area contributed by atoms with Crippen molar-refractivity contribution >= 4 is 11.6 Å². The van der Waals surface area contributed by atoms with E-state index in [1.54, 1.807) is 0 Å². The molecule has 0 aliphatic carbocycles. The summed E-state index contributed by atoms with van der Waals surface area (Å²) >= 11 is 0. The van der Waals surface area contributed by atoms with E-state index in [2.05, 4.69) is 17.6 Å². The molecule has 0 bridgehead atoms. The Hall–Kier alpha value is -1.55. The van der Waals surface area contributed by atoms with Crippen LogP contribution in [0.15, 0.2) is 24.3 Å². The molecule has 0 radical (unpaired) electrons. The van der Waals surface area contributed by atoms with Gasteiger partial charge in [0.25, 0.3) is 0 Å². The van der Waals surface area contributed by atoms with E-state index in [9.17, 15) is 4.79 Å². The highest BCUT2D eigenvalue weighted by molar-refractivity contribution is 5.92. The van der Waals surface area contributed by atoms with E-state index in [0.717, 1.165) is 17.9 Å². The number of carbonyl (C=O) groups is 1. The smallest absolute Gasteiger partial charge is 0.228 e. The van der Waals surface area contributed by atoms with Gasteiger partial charge >= 0.3 is 0 Å². The molecule has 1 aromatic carbocycles. The van der Waals surface area contributed by atoms with Crippen LogP contribution in [0, 0.1) is 5.92 Å². The molecule has 2 atom stereocenters. The summed E-state index contributed by atoms with van der Waals surface area (Å²) in [6, 6.07) is 7.48. The highest BCUT2D eigenvalue weighted by Crippen LogP contribution is 2.18. The molecule has 0 spiro atoms. The number of rotatable bonds is 7. The van der Waals surface area contributed by atoms with E-state index < -0.39 is 0 Å². The predicted molar refractivity (Wildman–Crippen MR) is 78.5 cm³/mol. The molecular weight excluding hydrogens is 240 g/mol. The molecule has 0 aromatic heterocycles. The lowest BCUT2D eigenvalue weighted by molar-refractivity contribution is -0.119. The summed E-state index contributed by atoms with van der Waals surface area (Å²) in [5.74, 6) is 0.793. The third kappa shape index (κ3) is 5.30. The Bertz CT molecular complexity index is 390. The fourth-order valence-corrected chi connectivity index (χ4v) is 1.60. The maximum Gasteiger partial charge on any atom is 0.228 e. The first-order valence-electron chi connectivity index (χ1n) is 6.79. The predicted octanol–water partition coefficient (Wildman–Crippen LogP) is 2.66. The average molecular weight is 264 g/mol. The van der Waals surface area contributed by atoms with Gasteiger partial charge in [0.2, 0.25) is 5.91 Å². The lowest BCUT2D eigenvalue weighted by Gasteiger charge is -2.14. The van der Waals surface area contributed by atoms with Crippen molar-refractivity contribution in [1.82, 2.24) is 5.32 Å². The minimum Gasteiger partial charge on any atom is -0.491 e. The number of ether oxygens (including phenoxy) is 1. The van der Waals surface area contributed by atoms with E-state index in [4.69, 9.17) is 4.74 Å². The fraction of sp³-hybridized carbons (Fsp3) is 0.533. The molecule has 0 aliphatic rings. The Labute approximate surface area is 115 Å². The number of hydrogen-bond acceptors (Lipinski definition) is 3. The van der Waals surface area contributed by atoms with E-state index in [1.807, 2.05) is 45.2 Å². The maximum absolute atomic E-state index is 11.8. The molecular formula is C15H24N2O2. The molecule has 1 aromatic rings. The number of nitrogens with one attached hydrogen (secondary N) is 2. The molecule has 0 aliphatic heterocycles. The Kier molecular flexibility index (Phi) is 6.36. The van der Waals surface area contributed by atoms with Crippen molar-refractivity contribution in [2.45, 2.75) is 33.3 Å². The van der Waals surface area contributed by atoms with Crippen LogP contribution in [0.25, 0.3) is 0 Å². The van der Waals surface area contributed by atoms with Crippen LogP contribution in [0.5, 0.6) is 5.75 Å². The number of hydrogen-bond donors (Lipinski definition) is 2. The molecule has 19 heavy (non-hydrogen) atoms. The zero-order valence-electron chi connectivity index (χ0n) is 12.2. The molecule has 2 N–H and O–H groups in total. The van der Waals surface area contributed by atoms with Gasteiger partial charge in [0, 0.05) is 18.2 Å². The summed E-state index contributed by atoms with van der Waals surface area (Å²) in [5, 5.41) is 5.88. The molecule has 0 heterocycles. The van der Waals surface area contributed by atoms with Crippen molar-refractivity contribution in [2.75, 3.05) is 18.9 Å². The summed E-state index contributed by atoms with van der Waals surface area (Å²) < 4.78 is 5.69. The Morgan fingerprint density at radius 2 is 1.89 bits per heavy atom. The number of anilines is 1. The normalized spacial score (nSPS) is 13.7. The molecule has 4 heteroatoms. The molecule has 0 fully saturated rings. The highest BCUT2D eigenvalue weighted by atomic mass is 16.5. The van der Waals surface area contributed by atoms with Crippen LogP contribution >= 0.6 is 0 Å². The van der Waals surface area contributed by atoms with Crippen molar-refractivity contribution in [3.63, 3.8) is 0 Å². The van der Waals surface area contributed by atoms with E-state index in [0.29, 0.717) is 6.54 Å². The second-order valence-electron chi connectivity index (χ2n) is 4.81. The Balaban J connectivity index is 2.54.